The molecular weight excluding hydrogens is 450 g/mol. The van der Waals surface area contributed by atoms with E-state index in [1.165, 1.54) is 12.1 Å². The second kappa shape index (κ2) is 10.5. The summed E-state index contributed by atoms with van der Waals surface area (Å²) in [5, 5.41) is 28.1. The van der Waals surface area contributed by atoms with Crippen molar-refractivity contribution in [3.8, 4) is 23.6 Å². The summed E-state index contributed by atoms with van der Waals surface area (Å²) in [4.78, 5) is 11.1. The molecule has 0 aliphatic rings. The van der Waals surface area contributed by atoms with Crippen LogP contribution in [0.15, 0.2) is 78.9 Å². The Bertz CT molecular complexity index is 1530. The smallest absolute Gasteiger partial charge is 0.335 e. The summed E-state index contributed by atoms with van der Waals surface area (Å²) in [7, 11) is 0. The highest BCUT2D eigenvalue weighted by Crippen LogP contribution is 2.27. The summed E-state index contributed by atoms with van der Waals surface area (Å²) in [6.07, 6.45) is 1.82. The Hall–Kier alpha value is -5.07. The summed E-state index contributed by atoms with van der Waals surface area (Å²) in [6, 6.07) is 27.8. The first kappa shape index (κ1) is 24.1. The standard InChI is InChI=1S/C30H23N3O3/c1-20-15-26(16-27(18-32)22-7-9-23(10-8-22)30(34)35)21(2)33(20)28-11-13-29(14-12-28)36-19-25-6-4-3-5-24(25)17-31/h3-16H,19H2,1-2H3,(H,34,35)/b27-16-. The molecule has 0 aliphatic carbocycles. The first-order valence-electron chi connectivity index (χ1n) is 11.3. The lowest BCUT2D eigenvalue weighted by molar-refractivity contribution is 0.0697. The van der Waals surface area contributed by atoms with Gasteiger partial charge in [-0.25, -0.2) is 4.79 Å². The number of aromatic carboxylic acids is 1. The number of carboxylic acid groups (broad SMARTS) is 1. The number of allylic oxidation sites excluding steroid dienone is 1. The maximum atomic E-state index is 11.1. The van der Waals surface area contributed by atoms with Gasteiger partial charge in [-0.2, -0.15) is 10.5 Å². The minimum atomic E-state index is -1.00. The van der Waals surface area contributed by atoms with E-state index in [-0.39, 0.29) is 5.56 Å². The van der Waals surface area contributed by atoms with Crippen molar-refractivity contribution < 1.29 is 14.6 Å². The first-order valence-corrected chi connectivity index (χ1v) is 11.3. The van der Waals surface area contributed by atoms with Gasteiger partial charge in [-0.05, 0) is 79.6 Å². The minimum Gasteiger partial charge on any atom is -0.489 e. The largest absolute Gasteiger partial charge is 0.489 e. The average Bonchev–Trinajstić information content (AvgIpc) is 3.18. The Morgan fingerprint density at radius 1 is 0.972 bits per heavy atom. The van der Waals surface area contributed by atoms with Crippen molar-refractivity contribution in [2.24, 2.45) is 0 Å². The van der Waals surface area contributed by atoms with Crippen LogP contribution in [0.2, 0.25) is 0 Å². The number of carboxylic acids is 1. The fourth-order valence-corrected chi connectivity index (χ4v) is 4.07. The lowest BCUT2D eigenvalue weighted by atomic mass is 10.0. The molecule has 0 amide bonds. The van der Waals surface area contributed by atoms with Gasteiger partial charge in [-0.3, -0.25) is 0 Å². The third kappa shape index (κ3) is 5.04. The van der Waals surface area contributed by atoms with Crippen LogP contribution < -0.4 is 4.74 Å². The van der Waals surface area contributed by atoms with Crippen molar-refractivity contribution in [1.29, 1.82) is 10.5 Å². The highest BCUT2D eigenvalue weighted by Gasteiger charge is 2.12. The van der Waals surface area contributed by atoms with E-state index in [9.17, 15) is 15.3 Å². The van der Waals surface area contributed by atoms with E-state index in [2.05, 4.69) is 16.7 Å². The van der Waals surface area contributed by atoms with Gasteiger partial charge >= 0.3 is 5.97 Å². The van der Waals surface area contributed by atoms with Crippen molar-refractivity contribution >= 4 is 17.6 Å². The number of ether oxygens (including phenoxy) is 1. The van der Waals surface area contributed by atoms with Crippen molar-refractivity contribution in [3.63, 3.8) is 0 Å². The van der Waals surface area contributed by atoms with Gasteiger partial charge in [0.25, 0.3) is 0 Å². The maximum absolute atomic E-state index is 11.1. The molecule has 4 rings (SSSR count). The molecule has 0 fully saturated rings. The molecule has 0 atom stereocenters. The second-order valence-electron chi connectivity index (χ2n) is 8.27. The molecule has 0 saturated heterocycles. The van der Waals surface area contributed by atoms with Crippen molar-refractivity contribution in [1.82, 2.24) is 4.57 Å². The molecule has 1 N–H and O–H groups in total. The van der Waals surface area contributed by atoms with Crippen LogP contribution in [0.1, 0.15) is 44.0 Å². The van der Waals surface area contributed by atoms with Gasteiger partial charge in [0.2, 0.25) is 0 Å². The average molecular weight is 474 g/mol. The molecule has 6 nitrogen and oxygen atoms in total. The van der Waals surface area contributed by atoms with Crippen LogP contribution in [-0.2, 0) is 6.61 Å². The van der Waals surface area contributed by atoms with Crippen molar-refractivity contribution in [2.45, 2.75) is 20.5 Å². The monoisotopic (exact) mass is 473 g/mol. The van der Waals surface area contributed by atoms with Crippen molar-refractivity contribution in [2.75, 3.05) is 0 Å². The van der Waals surface area contributed by atoms with Crippen LogP contribution in [0, 0.1) is 36.5 Å². The number of aromatic nitrogens is 1. The second-order valence-corrected chi connectivity index (χ2v) is 8.27. The molecule has 4 aromatic rings. The molecule has 0 spiro atoms. The number of rotatable bonds is 7. The maximum Gasteiger partial charge on any atom is 0.335 e. The number of aryl methyl sites for hydroxylation is 1. The molecule has 0 aliphatic heterocycles. The molecule has 0 radical (unpaired) electrons. The van der Waals surface area contributed by atoms with Crippen LogP contribution in [0.5, 0.6) is 5.75 Å². The quantitative estimate of drug-likeness (QED) is 0.317. The molecule has 0 saturated carbocycles. The van der Waals surface area contributed by atoms with Gasteiger partial charge in [-0.1, -0.05) is 30.3 Å². The Labute approximate surface area is 209 Å². The van der Waals surface area contributed by atoms with Gasteiger partial charge in [0.05, 0.1) is 28.8 Å². The molecule has 1 aromatic heterocycles. The molecule has 176 valence electrons. The normalized spacial score (nSPS) is 10.9. The summed E-state index contributed by atoms with van der Waals surface area (Å²) in [5.74, 6) is -0.304. The minimum absolute atomic E-state index is 0.177. The third-order valence-electron chi connectivity index (χ3n) is 5.96. The van der Waals surface area contributed by atoms with E-state index < -0.39 is 5.97 Å². The highest BCUT2D eigenvalue weighted by atomic mass is 16.5. The zero-order chi connectivity index (χ0) is 25.7. The summed E-state index contributed by atoms with van der Waals surface area (Å²) < 4.78 is 7.99. The van der Waals surface area contributed by atoms with E-state index in [0.717, 1.165) is 28.2 Å². The number of benzene rings is 3. The van der Waals surface area contributed by atoms with Gasteiger partial charge in [-0.15, -0.1) is 0 Å². The molecule has 1 heterocycles. The van der Waals surface area contributed by atoms with E-state index in [0.29, 0.717) is 29.1 Å². The van der Waals surface area contributed by atoms with Crippen LogP contribution in [0.3, 0.4) is 0 Å². The summed E-state index contributed by atoms with van der Waals surface area (Å²) in [5.41, 5.74) is 6.56. The molecule has 3 aromatic carbocycles. The fraction of sp³-hybridized carbons (Fsp3) is 0.100. The number of hydrogen-bond donors (Lipinski definition) is 1. The Morgan fingerprint density at radius 2 is 1.64 bits per heavy atom. The third-order valence-corrected chi connectivity index (χ3v) is 5.96. The van der Waals surface area contributed by atoms with Crippen molar-refractivity contribution in [3.05, 3.63) is 118 Å². The Balaban J connectivity index is 1.56. The Kier molecular flexibility index (Phi) is 6.99. The number of nitriles is 2. The zero-order valence-corrected chi connectivity index (χ0v) is 19.9. The molecule has 0 unspecified atom stereocenters. The predicted molar refractivity (Wildman–Crippen MR) is 138 cm³/mol. The molecule has 36 heavy (non-hydrogen) atoms. The van der Waals surface area contributed by atoms with E-state index in [4.69, 9.17) is 9.84 Å². The van der Waals surface area contributed by atoms with Crippen LogP contribution in [0.4, 0.5) is 0 Å². The van der Waals surface area contributed by atoms with Gasteiger partial charge in [0.1, 0.15) is 12.4 Å². The number of nitrogens with zero attached hydrogens (tertiary/aromatic N) is 3. The topological polar surface area (TPSA) is 99.0 Å². The van der Waals surface area contributed by atoms with Gasteiger partial charge < -0.3 is 14.4 Å². The number of hydrogen-bond acceptors (Lipinski definition) is 4. The molecular formula is C30H23N3O3. The lowest BCUT2D eigenvalue weighted by Gasteiger charge is -2.12. The fourth-order valence-electron chi connectivity index (χ4n) is 4.07. The summed E-state index contributed by atoms with van der Waals surface area (Å²) in [6.45, 7) is 4.30. The van der Waals surface area contributed by atoms with Gasteiger partial charge in [0.15, 0.2) is 0 Å². The van der Waals surface area contributed by atoms with Crippen LogP contribution >= 0.6 is 0 Å². The van der Waals surface area contributed by atoms with E-state index >= 15 is 0 Å². The predicted octanol–water partition coefficient (Wildman–Crippen LogP) is 6.31. The van der Waals surface area contributed by atoms with Gasteiger partial charge in [0, 0.05) is 22.6 Å². The first-order chi connectivity index (χ1) is 17.4. The molecule has 0 bridgehead atoms. The zero-order valence-electron chi connectivity index (χ0n) is 19.9. The van der Waals surface area contributed by atoms with E-state index in [1.54, 1.807) is 18.2 Å². The number of carbonyl (C=O) groups is 1. The van der Waals surface area contributed by atoms with Crippen LogP contribution in [0.25, 0.3) is 17.3 Å². The SMILES string of the molecule is Cc1cc(/C=C(/C#N)c2ccc(C(=O)O)cc2)c(C)n1-c1ccc(OCc2ccccc2C#N)cc1. The summed E-state index contributed by atoms with van der Waals surface area (Å²) >= 11 is 0. The Morgan fingerprint density at radius 3 is 2.28 bits per heavy atom. The molecule has 6 heteroatoms. The van der Waals surface area contributed by atoms with Crippen LogP contribution in [-0.4, -0.2) is 15.6 Å². The van der Waals surface area contributed by atoms with E-state index in [1.807, 2.05) is 68.5 Å². The highest BCUT2D eigenvalue weighted by molar-refractivity contribution is 5.92. The lowest BCUT2D eigenvalue weighted by Crippen LogP contribution is -2.01.